The molecule has 2 aliphatic rings. The highest BCUT2D eigenvalue weighted by molar-refractivity contribution is 5.66. The zero-order chi connectivity index (χ0) is 26.7. The quantitative estimate of drug-likeness (QED) is 0.326. The van der Waals surface area contributed by atoms with Crippen LogP contribution < -0.4 is 4.74 Å². The second kappa shape index (κ2) is 11.7. The van der Waals surface area contributed by atoms with E-state index < -0.39 is 29.6 Å². The van der Waals surface area contributed by atoms with Crippen LogP contribution >= 0.6 is 0 Å². The molecule has 1 nitrogen and oxygen atoms in total. The van der Waals surface area contributed by atoms with Crippen molar-refractivity contribution in [2.24, 2.45) is 23.7 Å². The summed E-state index contributed by atoms with van der Waals surface area (Å²) in [5, 5.41) is 0. The summed E-state index contributed by atoms with van der Waals surface area (Å²) in [4.78, 5) is 0. The molecule has 0 N–H and O–H groups in total. The van der Waals surface area contributed by atoms with E-state index in [1.54, 1.807) is 6.07 Å². The van der Waals surface area contributed by atoms with Crippen LogP contribution in [0.25, 0.3) is 11.1 Å². The van der Waals surface area contributed by atoms with Crippen LogP contribution in [0.3, 0.4) is 0 Å². The van der Waals surface area contributed by atoms with Crippen molar-refractivity contribution in [2.75, 3.05) is 0 Å². The minimum atomic E-state index is -5.23. The molecule has 0 aromatic heterocycles. The van der Waals surface area contributed by atoms with Gasteiger partial charge in [0.15, 0.2) is 11.6 Å². The smallest absolute Gasteiger partial charge is 0.399 e. The van der Waals surface area contributed by atoms with Gasteiger partial charge in [-0.1, -0.05) is 45.2 Å². The summed E-state index contributed by atoms with van der Waals surface area (Å²) in [6.45, 7) is 4.70. The molecule has 1 unspecified atom stereocenters. The number of ether oxygens (including phenoxy) is 1. The van der Waals surface area contributed by atoms with Gasteiger partial charge in [-0.15, -0.1) is 13.2 Å². The van der Waals surface area contributed by atoms with Crippen LogP contribution in [0.2, 0.25) is 0 Å². The van der Waals surface area contributed by atoms with Crippen molar-refractivity contribution < 1.29 is 31.1 Å². The van der Waals surface area contributed by atoms with Crippen LogP contribution in [-0.4, -0.2) is 6.36 Å². The SMILES string of the molecule is CCC1CCC(C(C)CC2CCC(c3ccc(-c4cc(F)c(OC(F)(F)F)c(F)c4)c(F)c3)CC2)CC1. The Balaban J connectivity index is 1.35. The number of benzene rings is 2. The Bertz CT molecular complexity index is 1030. The van der Waals surface area contributed by atoms with Crippen LogP contribution in [-0.2, 0) is 0 Å². The maximum atomic E-state index is 15.0. The fourth-order valence-corrected chi connectivity index (χ4v) is 6.56. The van der Waals surface area contributed by atoms with Gasteiger partial charge in [0.1, 0.15) is 5.82 Å². The van der Waals surface area contributed by atoms with Gasteiger partial charge in [0.05, 0.1) is 0 Å². The van der Waals surface area contributed by atoms with E-state index in [9.17, 15) is 26.3 Å². The first-order valence-corrected chi connectivity index (χ1v) is 13.6. The topological polar surface area (TPSA) is 9.23 Å². The third kappa shape index (κ3) is 7.02. The van der Waals surface area contributed by atoms with Crippen molar-refractivity contribution in [3.8, 4) is 16.9 Å². The molecule has 37 heavy (non-hydrogen) atoms. The Labute approximate surface area is 215 Å². The van der Waals surface area contributed by atoms with E-state index in [2.05, 4.69) is 18.6 Å². The predicted molar refractivity (Wildman–Crippen MR) is 133 cm³/mol. The molecule has 2 aromatic rings. The number of hydrogen-bond donors (Lipinski definition) is 0. The summed E-state index contributed by atoms with van der Waals surface area (Å²) < 4.78 is 83.8. The van der Waals surface area contributed by atoms with Crippen molar-refractivity contribution >= 4 is 0 Å². The van der Waals surface area contributed by atoms with E-state index in [1.165, 1.54) is 50.7 Å². The predicted octanol–water partition coefficient (Wildman–Crippen LogP) is 10.2. The fourth-order valence-electron chi connectivity index (χ4n) is 6.56. The lowest BCUT2D eigenvalue weighted by Crippen LogP contribution is -2.23. The fraction of sp³-hybridized carbons (Fsp3) is 0.600. The highest BCUT2D eigenvalue weighted by Crippen LogP contribution is 2.43. The van der Waals surface area contributed by atoms with E-state index >= 15 is 0 Å². The van der Waals surface area contributed by atoms with Crippen LogP contribution in [0.5, 0.6) is 5.75 Å². The summed E-state index contributed by atoms with van der Waals surface area (Å²) in [5.74, 6) is -1.87. The van der Waals surface area contributed by atoms with Gasteiger partial charge in [-0.2, -0.15) is 0 Å². The van der Waals surface area contributed by atoms with E-state index in [0.717, 1.165) is 49.0 Å². The molecule has 4 rings (SSSR count). The monoisotopic (exact) mass is 526 g/mol. The van der Waals surface area contributed by atoms with Gasteiger partial charge < -0.3 is 4.74 Å². The molecule has 7 heteroatoms. The Morgan fingerprint density at radius 2 is 1.41 bits per heavy atom. The molecule has 2 aliphatic carbocycles. The average Bonchev–Trinajstić information content (AvgIpc) is 2.86. The van der Waals surface area contributed by atoms with Crippen molar-refractivity contribution in [3.05, 3.63) is 53.3 Å². The van der Waals surface area contributed by atoms with Gasteiger partial charge in [0.25, 0.3) is 0 Å². The Morgan fingerprint density at radius 3 is 1.95 bits per heavy atom. The molecule has 0 amide bonds. The summed E-state index contributed by atoms with van der Waals surface area (Å²) in [6.07, 6.45) is 6.93. The second-order valence-corrected chi connectivity index (χ2v) is 11.2. The first-order valence-electron chi connectivity index (χ1n) is 13.6. The largest absolute Gasteiger partial charge is 0.573 e. The zero-order valence-electron chi connectivity index (χ0n) is 21.5. The maximum absolute atomic E-state index is 15.0. The van der Waals surface area contributed by atoms with Crippen molar-refractivity contribution in [3.63, 3.8) is 0 Å². The number of rotatable bonds is 7. The molecule has 0 heterocycles. The van der Waals surface area contributed by atoms with Crippen LogP contribution in [0.15, 0.2) is 30.3 Å². The molecular formula is C30H36F6O. The third-order valence-electron chi connectivity index (χ3n) is 8.82. The normalized spacial score (nSPS) is 25.6. The van der Waals surface area contributed by atoms with Crippen LogP contribution in [0.1, 0.15) is 89.5 Å². The zero-order valence-corrected chi connectivity index (χ0v) is 21.5. The number of halogens is 6. The van der Waals surface area contributed by atoms with Crippen molar-refractivity contribution in [1.82, 2.24) is 0 Å². The molecule has 1 atom stereocenters. The molecule has 2 fully saturated rings. The van der Waals surface area contributed by atoms with Gasteiger partial charge in [0, 0.05) is 5.56 Å². The van der Waals surface area contributed by atoms with Gasteiger partial charge >= 0.3 is 6.36 Å². The molecule has 0 saturated heterocycles. The van der Waals surface area contributed by atoms with Gasteiger partial charge in [-0.05, 0) is 104 Å². The summed E-state index contributed by atoms with van der Waals surface area (Å²) in [5.41, 5.74) is 0.600. The lowest BCUT2D eigenvalue weighted by atomic mass is 9.70. The van der Waals surface area contributed by atoms with E-state index in [0.29, 0.717) is 18.1 Å². The van der Waals surface area contributed by atoms with Crippen LogP contribution in [0, 0.1) is 41.1 Å². The molecule has 0 bridgehead atoms. The lowest BCUT2D eigenvalue weighted by molar-refractivity contribution is -0.276. The minimum Gasteiger partial charge on any atom is -0.399 e. The molecule has 2 saturated carbocycles. The van der Waals surface area contributed by atoms with E-state index in [1.807, 2.05) is 0 Å². The number of alkyl halides is 3. The lowest BCUT2D eigenvalue weighted by Gasteiger charge is -2.35. The Hall–Kier alpha value is -2.18. The highest BCUT2D eigenvalue weighted by atomic mass is 19.4. The van der Waals surface area contributed by atoms with E-state index in [-0.39, 0.29) is 17.0 Å². The van der Waals surface area contributed by atoms with Crippen molar-refractivity contribution in [1.29, 1.82) is 0 Å². The highest BCUT2D eigenvalue weighted by Gasteiger charge is 2.34. The first kappa shape index (κ1) is 27.8. The summed E-state index contributed by atoms with van der Waals surface area (Å²) in [6, 6.07) is 5.91. The Kier molecular flexibility index (Phi) is 8.80. The van der Waals surface area contributed by atoms with Crippen molar-refractivity contribution in [2.45, 2.75) is 90.3 Å². The van der Waals surface area contributed by atoms with Gasteiger partial charge in [0.2, 0.25) is 5.75 Å². The summed E-state index contributed by atoms with van der Waals surface area (Å²) >= 11 is 0. The minimum absolute atomic E-state index is 0.0691. The maximum Gasteiger partial charge on any atom is 0.573 e. The summed E-state index contributed by atoms with van der Waals surface area (Å²) in [7, 11) is 0. The van der Waals surface area contributed by atoms with Gasteiger partial charge in [-0.25, -0.2) is 13.2 Å². The molecular weight excluding hydrogens is 490 g/mol. The molecule has 204 valence electrons. The molecule has 0 aliphatic heterocycles. The average molecular weight is 527 g/mol. The second-order valence-electron chi connectivity index (χ2n) is 11.2. The van der Waals surface area contributed by atoms with Crippen LogP contribution in [0.4, 0.5) is 26.3 Å². The Morgan fingerprint density at radius 1 is 0.811 bits per heavy atom. The molecule has 2 aromatic carbocycles. The first-order chi connectivity index (χ1) is 17.5. The molecule has 0 radical (unpaired) electrons. The van der Waals surface area contributed by atoms with Gasteiger partial charge in [-0.3, -0.25) is 0 Å². The third-order valence-corrected chi connectivity index (χ3v) is 8.82. The number of hydrogen-bond acceptors (Lipinski definition) is 1. The van der Waals surface area contributed by atoms with E-state index in [4.69, 9.17) is 0 Å². The molecule has 0 spiro atoms. The standard InChI is InChI=1S/C30H36F6O/c1-3-19-4-8-21(9-5-19)18(2)14-20-6-10-22(11-7-20)23-12-13-25(26(31)15-23)24-16-27(32)29(28(33)17-24)37-30(34,35)36/h12-13,15-22H,3-11,14H2,1-2H3.